The second kappa shape index (κ2) is 6.44. The first-order valence-corrected chi connectivity index (χ1v) is 9.88. The molecule has 3 N–H and O–H groups in total. The van der Waals surface area contributed by atoms with Gasteiger partial charge in [-0.3, -0.25) is 0 Å². The van der Waals surface area contributed by atoms with Crippen molar-refractivity contribution in [3.63, 3.8) is 0 Å². The van der Waals surface area contributed by atoms with E-state index < -0.39 is 0 Å². The minimum Gasteiger partial charge on any atom is -0.381 e. The molecule has 136 valence electrons. The van der Waals surface area contributed by atoms with Gasteiger partial charge in [-0.2, -0.15) is 0 Å². The first-order chi connectivity index (χ1) is 11.9. The number of nitrogens with one attached hydrogen (secondary N) is 1. The van der Waals surface area contributed by atoms with Gasteiger partial charge in [-0.15, -0.1) is 0 Å². The zero-order valence-corrected chi connectivity index (χ0v) is 15.8. The molecule has 5 unspecified atom stereocenters. The fourth-order valence-corrected chi connectivity index (χ4v) is 4.89. The van der Waals surface area contributed by atoms with E-state index in [1.165, 1.54) is 29.7 Å². The van der Waals surface area contributed by atoms with Crippen molar-refractivity contribution in [2.45, 2.75) is 70.1 Å². The molecule has 0 radical (unpaired) electrons. The molecule has 5 atom stereocenters. The monoisotopic (exact) mass is 340 g/mol. The summed E-state index contributed by atoms with van der Waals surface area (Å²) in [6.45, 7) is 7.73. The maximum Gasteiger partial charge on any atom is 0.0892 e. The molecule has 4 rings (SSSR count). The Labute approximate surface area is 152 Å². The molecule has 1 aromatic carbocycles. The van der Waals surface area contributed by atoms with Crippen molar-refractivity contribution in [2.24, 2.45) is 17.6 Å². The lowest BCUT2D eigenvalue weighted by atomic mass is 9.71. The SMILES string of the molecule is CC(C)(C)c1ccc2c(c1)C1OCCCC1C(C1CC=CC(N)C1)N2. The minimum absolute atomic E-state index is 0.164. The van der Waals surface area contributed by atoms with Gasteiger partial charge in [0.1, 0.15) is 0 Å². The van der Waals surface area contributed by atoms with Gasteiger partial charge in [0.2, 0.25) is 0 Å². The topological polar surface area (TPSA) is 47.3 Å². The summed E-state index contributed by atoms with van der Waals surface area (Å²) in [6.07, 6.45) is 9.30. The van der Waals surface area contributed by atoms with E-state index in [2.05, 4.69) is 56.4 Å². The van der Waals surface area contributed by atoms with Crippen molar-refractivity contribution in [2.75, 3.05) is 11.9 Å². The predicted octanol–water partition coefficient (Wildman–Crippen LogP) is 4.54. The fraction of sp³-hybridized carbons (Fsp3) is 0.636. The summed E-state index contributed by atoms with van der Waals surface area (Å²) < 4.78 is 6.33. The summed E-state index contributed by atoms with van der Waals surface area (Å²) in [4.78, 5) is 0. The van der Waals surface area contributed by atoms with Gasteiger partial charge in [-0.05, 0) is 48.6 Å². The number of rotatable bonds is 1. The van der Waals surface area contributed by atoms with Crippen molar-refractivity contribution in [1.82, 2.24) is 0 Å². The maximum absolute atomic E-state index is 6.33. The van der Waals surface area contributed by atoms with Crippen LogP contribution >= 0.6 is 0 Å². The van der Waals surface area contributed by atoms with Gasteiger partial charge in [0.25, 0.3) is 0 Å². The maximum atomic E-state index is 6.33. The molecule has 0 spiro atoms. The Bertz CT molecular complexity index is 660. The molecule has 2 aliphatic heterocycles. The third kappa shape index (κ3) is 3.24. The van der Waals surface area contributed by atoms with Gasteiger partial charge in [0, 0.05) is 35.9 Å². The Morgan fingerprint density at radius 3 is 2.84 bits per heavy atom. The molecule has 1 saturated heterocycles. The Kier molecular flexibility index (Phi) is 4.41. The second-order valence-electron chi connectivity index (χ2n) is 9.14. The molecule has 0 amide bonds. The molecule has 0 bridgehead atoms. The average Bonchev–Trinajstić information content (AvgIpc) is 2.60. The van der Waals surface area contributed by atoms with E-state index in [1.807, 2.05) is 0 Å². The van der Waals surface area contributed by atoms with E-state index in [-0.39, 0.29) is 17.6 Å². The van der Waals surface area contributed by atoms with Gasteiger partial charge in [0.05, 0.1) is 6.10 Å². The Morgan fingerprint density at radius 1 is 1.24 bits per heavy atom. The Morgan fingerprint density at radius 2 is 2.08 bits per heavy atom. The molecule has 3 nitrogen and oxygen atoms in total. The number of hydrogen-bond donors (Lipinski definition) is 2. The lowest BCUT2D eigenvalue weighted by Crippen LogP contribution is -2.47. The summed E-state index contributed by atoms with van der Waals surface area (Å²) in [5, 5.41) is 3.90. The standard InChI is InChI=1S/C22H32N2O/c1-22(2,3)15-9-10-19-18(13-15)21-17(8-5-11-25-21)20(24-19)14-6-4-7-16(23)12-14/h4,7,9-10,13-14,16-17,20-21,24H,5-6,8,11-12,23H2,1-3H3. The van der Waals surface area contributed by atoms with Crippen LogP contribution in [-0.4, -0.2) is 18.7 Å². The number of ether oxygens (including phenoxy) is 1. The van der Waals surface area contributed by atoms with Gasteiger partial charge in [-0.25, -0.2) is 0 Å². The predicted molar refractivity (Wildman–Crippen MR) is 104 cm³/mol. The highest BCUT2D eigenvalue weighted by Crippen LogP contribution is 2.47. The fourth-order valence-electron chi connectivity index (χ4n) is 4.89. The van der Waals surface area contributed by atoms with Crippen LogP contribution in [0.3, 0.4) is 0 Å². The Hall–Kier alpha value is -1.32. The van der Waals surface area contributed by atoms with E-state index in [1.54, 1.807) is 0 Å². The highest BCUT2D eigenvalue weighted by atomic mass is 16.5. The first kappa shape index (κ1) is 17.1. The summed E-state index contributed by atoms with van der Waals surface area (Å²) in [7, 11) is 0. The third-order valence-electron chi connectivity index (χ3n) is 6.28. The summed E-state index contributed by atoms with van der Waals surface area (Å²) >= 11 is 0. The lowest BCUT2D eigenvalue weighted by Gasteiger charge is -2.47. The highest BCUT2D eigenvalue weighted by molar-refractivity contribution is 5.58. The van der Waals surface area contributed by atoms with Crippen LogP contribution in [0.1, 0.15) is 63.7 Å². The van der Waals surface area contributed by atoms with Crippen LogP contribution in [0, 0.1) is 11.8 Å². The van der Waals surface area contributed by atoms with Crippen LogP contribution in [0.4, 0.5) is 5.69 Å². The first-order valence-electron chi connectivity index (χ1n) is 9.88. The summed E-state index contributed by atoms with van der Waals surface area (Å²) in [6, 6.07) is 7.60. The Balaban J connectivity index is 1.69. The van der Waals surface area contributed by atoms with E-state index >= 15 is 0 Å². The van der Waals surface area contributed by atoms with E-state index in [9.17, 15) is 0 Å². The average molecular weight is 341 g/mol. The zero-order chi connectivity index (χ0) is 17.6. The van der Waals surface area contributed by atoms with Crippen molar-refractivity contribution in [1.29, 1.82) is 0 Å². The van der Waals surface area contributed by atoms with Crippen LogP contribution in [0.5, 0.6) is 0 Å². The van der Waals surface area contributed by atoms with Gasteiger partial charge >= 0.3 is 0 Å². The zero-order valence-electron chi connectivity index (χ0n) is 15.8. The quantitative estimate of drug-likeness (QED) is 0.738. The molecule has 2 heterocycles. The smallest absolute Gasteiger partial charge is 0.0892 e. The molecular formula is C22H32N2O. The van der Waals surface area contributed by atoms with Crippen molar-refractivity contribution < 1.29 is 4.74 Å². The number of nitrogens with two attached hydrogens (primary N) is 1. The normalized spacial score (nSPS) is 34.8. The van der Waals surface area contributed by atoms with Crippen LogP contribution in [0.15, 0.2) is 30.4 Å². The molecule has 25 heavy (non-hydrogen) atoms. The van der Waals surface area contributed by atoms with Crippen LogP contribution < -0.4 is 11.1 Å². The van der Waals surface area contributed by atoms with E-state index in [0.717, 1.165) is 19.4 Å². The van der Waals surface area contributed by atoms with Gasteiger partial charge < -0.3 is 15.8 Å². The van der Waals surface area contributed by atoms with Crippen LogP contribution in [0.2, 0.25) is 0 Å². The molecule has 1 fully saturated rings. The highest BCUT2D eigenvalue weighted by Gasteiger charge is 2.42. The van der Waals surface area contributed by atoms with E-state index in [4.69, 9.17) is 10.5 Å². The second-order valence-corrected chi connectivity index (χ2v) is 9.14. The van der Waals surface area contributed by atoms with Crippen molar-refractivity contribution in [3.8, 4) is 0 Å². The third-order valence-corrected chi connectivity index (χ3v) is 6.28. The number of benzene rings is 1. The molecule has 0 aromatic heterocycles. The number of fused-ring (bicyclic) bond motifs is 3. The molecular weight excluding hydrogens is 308 g/mol. The van der Waals surface area contributed by atoms with Gasteiger partial charge in [-0.1, -0.05) is 45.1 Å². The van der Waals surface area contributed by atoms with Crippen molar-refractivity contribution >= 4 is 5.69 Å². The molecule has 3 aliphatic rings. The van der Waals surface area contributed by atoms with Crippen molar-refractivity contribution in [3.05, 3.63) is 41.5 Å². The lowest BCUT2D eigenvalue weighted by molar-refractivity contribution is -0.0446. The minimum atomic E-state index is 0.164. The molecule has 0 saturated carbocycles. The number of anilines is 1. The molecule has 1 aliphatic carbocycles. The molecule has 3 heteroatoms. The largest absolute Gasteiger partial charge is 0.381 e. The molecule has 1 aromatic rings. The van der Waals surface area contributed by atoms with E-state index in [0.29, 0.717) is 17.9 Å². The van der Waals surface area contributed by atoms with Crippen LogP contribution in [-0.2, 0) is 10.2 Å². The van der Waals surface area contributed by atoms with Crippen LogP contribution in [0.25, 0.3) is 0 Å². The number of hydrogen-bond acceptors (Lipinski definition) is 3. The summed E-state index contributed by atoms with van der Waals surface area (Å²) in [5.74, 6) is 1.16. The van der Waals surface area contributed by atoms with Gasteiger partial charge in [0.15, 0.2) is 0 Å². The summed E-state index contributed by atoms with van der Waals surface area (Å²) in [5.41, 5.74) is 10.4. The number of allylic oxidation sites excluding steroid dienone is 1.